The van der Waals surface area contributed by atoms with Crippen LogP contribution >= 0.6 is 0 Å². The molecule has 76 valence electrons. The number of hydrogen-bond acceptors (Lipinski definition) is 4. The molecule has 1 aliphatic rings. The fraction of sp³-hybridized carbons (Fsp3) is 0.600. The summed E-state index contributed by atoms with van der Waals surface area (Å²) >= 11 is 0. The van der Waals surface area contributed by atoms with Crippen LogP contribution in [0, 0.1) is 6.92 Å². The lowest BCUT2D eigenvalue weighted by Crippen LogP contribution is -2.38. The Balaban J connectivity index is 1.99. The molecule has 0 spiro atoms. The highest BCUT2D eigenvalue weighted by Gasteiger charge is 2.13. The van der Waals surface area contributed by atoms with E-state index in [1.165, 1.54) is 12.8 Å². The van der Waals surface area contributed by atoms with Gasteiger partial charge in [0.2, 0.25) is 0 Å². The number of piperidine rings is 1. The summed E-state index contributed by atoms with van der Waals surface area (Å²) in [7, 11) is 0. The second kappa shape index (κ2) is 4.37. The highest BCUT2D eigenvalue weighted by atomic mass is 15.1. The first-order valence-corrected chi connectivity index (χ1v) is 5.11. The van der Waals surface area contributed by atoms with Crippen LogP contribution in [-0.2, 0) is 0 Å². The third kappa shape index (κ3) is 2.20. The van der Waals surface area contributed by atoms with Gasteiger partial charge in [0, 0.05) is 25.0 Å². The van der Waals surface area contributed by atoms with Crippen LogP contribution in [0.2, 0.25) is 0 Å². The summed E-state index contributed by atoms with van der Waals surface area (Å²) in [5.74, 6) is 0.918. The number of nitrogens with zero attached hydrogens (tertiary/aromatic N) is 2. The molecule has 1 fully saturated rings. The van der Waals surface area contributed by atoms with E-state index in [1.807, 2.05) is 6.92 Å². The van der Waals surface area contributed by atoms with Crippen molar-refractivity contribution in [2.24, 2.45) is 0 Å². The van der Waals surface area contributed by atoms with Gasteiger partial charge in [-0.15, -0.1) is 0 Å². The molecule has 1 atom stereocenters. The van der Waals surface area contributed by atoms with Crippen molar-refractivity contribution in [2.45, 2.75) is 25.8 Å². The molecule has 1 aromatic heterocycles. The van der Waals surface area contributed by atoms with Gasteiger partial charge in [0.05, 0.1) is 5.69 Å². The summed E-state index contributed by atoms with van der Waals surface area (Å²) in [5, 5.41) is 6.78. The molecule has 14 heavy (non-hydrogen) atoms. The first kappa shape index (κ1) is 9.40. The van der Waals surface area contributed by atoms with E-state index in [0.29, 0.717) is 6.04 Å². The monoisotopic (exact) mass is 192 g/mol. The Bertz CT molecular complexity index is 294. The van der Waals surface area contributed by atoms with Crippen LogP contribution in [0.25, 0.3) is 0 Å². The molecular weight excluding hydrogens is 176 g/mol. The number of aromatic nitrogens is 2. The molecule has 4 heteroatoms. The number of aryl methyl sites for hydroxylation is 1. The number of rotatable bonds is 2. The molecule has 2 N–H and O–H groups in total. The van der Waals surface area contributed by atoms with E-state index in [-0.39, 0.29) is 0 Å². The Morgan fingerprint density at radius 3 is 3.00 bits per heavy atom. The van der Waals surface area contributed by atoms with Crippen molar-refractivity contribution in [3.05, 3.63) is 18.1 Å². The predicted octanol–water partition coefficient (Wildman–Crippen LogP) is 0.949. The number of nitrogens with one attached hydrogen (secondary N) is 2. The highest BCUT2D eigenvalue weighted by Crippen LogP contribution is 2.11. The van der Waals surface area contributed by atoms with E-state index in [9.17, 15) is 0 Å². The van der Waals surface area contributed by atoms with Crippen LogP contribution in [0.3, 0.4) is 0 Å². The number of hydrogen-bond donors (Lipinski definition) is 2. The minimum absolute atomic E-state index is 0.499. The van der Waals surface area contributed by atoms with Crippen LogP contribution in [0.4, 0.5) is 5.82 Å². The van der Waals surface area contributed by atoms with E-state index in [2.05, 4.69) is 20.6 Å². The lowest BCUT2D eigenvalue weighted by molar-refractivity contribution is 0.478. The van der Waals surface area contributed by atoms with E-state index in [4.69, 9.17) is 0 Å². The van der Waals surface area contributed by atoms with Crippen LogP contribution in [-0.4, -0.2) is 29.1 Å². The third-order valence-electron chi connectivity index (χ3n) is 2.52. The highest BCUT2D eigenvalue weighted by molar-refractivity contribution is 5.39. The summed E-state index contributed by atoms with van der Waals surface area (Å²) in [5.41, 5.74) is 0.970. The molecule has 0 saturated carbocycles. The van der Waals surface area contributed by atoms with Crippen molar-refractivity contribution in [1.82, 2.24) is 15.3 Å². The van der Waals surface area contributed by atoms with Gasteiger partial charge in [0.1, 0.15) is 5.82 Å². The van der Waals surface area contributed by atoms with Crippen molar-refractivity contribution >= 4 is 5.82 Å². The van der Waals surface area contributed by atoms with Gasteiger partial charge in [-0.1, -0.05) is 0 Å². The zero-order chi connectivity index (χ0) is 9.80. The summed E-state index contributed by atoms with van der Waals surface area (Å²) in [6.45, 7) is 4.14. The van der Waals surface area contributed by atoms with E-state index < -0.39 is 0 Å². The average Bonchev–Trinajstić information content (AvgIpc) is 2.23. The molecule has 1 saturated heterocycles. The van der Waals surface area contributed by atoms with Crippen molar-refractivity contribution in [1.29, 1.82) is 0 Å². The van der Waals surface area contributed by atoms with Gasteiger partial charge in [-0.2, -0.15) is 0 Å². The van der Waals surface area contributed by atoms with Crippen molar-refractivity contribution in [3.8, 4) is 0 Å². The first-order valence-electron chi connectivity index (χ1n) is 5.11. The van der Waals surface area contributed by atoms with Crippen LogP contribution in [0.15, 0.2) is 12.4 Å². The van der Waals surface area contributed by atoms with E-state index in [0.717, 1.165) is 24.6 Å². The molecule has 0 aromatic carbocycles. The minimum atomic E-state index is 0.499. The Hall–Kier alpha value is -1.16. The van der Waals surface area contributed by atoms with Gasteiger partial charge in [0.15, 0.2) is 0 Å². The standard InChI is InChI=1S/C10H16N4/c1-8-10(13-6-5-12-8)14-9-3-2-4-11-7-9/h5-6,9,11H,2-4,7H2,1H3,(H,13,14). The molecule has 0 aliphatic carbocycles. The predicted molar refractivity (Wildman–Crippen MR) is 56.3 cm³/mol. The smallest absolute Gasteiger partial charge is 0.147 e. The molecule has 1 unspecified atom stereocenters. The Morgan fingerprint density at radius 2 is 2.29 bits per heavy atom. The van der Waals surface area contributed by atoms with Gasteiger partial charge in [0.25, 0.3) is 0 Å². The zero-order valence-corrected chi connectivity index (χ0v) is 8.45. The summed E-state index contributed by atoms with van der Waals surface area (Å²) in [6.07, 6.45) is 5.89. The Labute approximate surface area is 84.2 Å². The minimum Gasteiger partial charge on any atom is -0.365 e. The number of anilines is 1. The summed E-state index contributed by atoms with van der Waals surface area (Å²) < 4.78 is 0. The van der Waals surface area contributed by atoms with Gasteiger partial charge >= 0.3 is 0 Å². The van der Waals surface area contributed by atoms with Crippen molar-refractivity contribution < 1.29 is 0 Å². The van der Waals surface area contributed by atoms with Gasteiger partial charge in [-0.05, 0) is 26.3 Å². The zero-order valence-electron chi connectivity index (χ0n) is 8.45. The van der Waals surface area contributed by atoms with E-state index >= 15 is 0 Å². The quantitative estimate of drug-likeness (QED) is 0.732. The second-order valence-corrected chi connectivity index (χ2v) is 3.68. The van der Waals surface area contributed by atoms with Gasteiger partial charge in [-0.3, -0.25) is 4.98 Å². The molecule has 4 nitrogen and oxygen atoms in total. The maximum absolute atomic E-state index is 4.27. The molecule has 0 amide bonds. The maximum atomic E-state index is 4.27. The van der Waals surface area contributed by atoms with Crippen molar-refractivity contribution in [2.75, 3.05) is 18.4 Å². The Kier molecular flexibility index (Phi) is 2.93. The summed E-state index contributed by atoms with van der Waals surface area (Å²) in [4.78, 5) is 8.47. The maximum Gasteiger partial charge on any atom is 0.147 e. The fourth-order valence-corrected chi connectivity index (χ4v) is 1.72. The fourth-order valence-electron chi connectivity index (χ4n) is 1.72. The lowest BCUT2D eigenvalue weighted by Gasteiger charge is -2.24. The van der Waals surface area contributed by atoms with Gasteiger partial charge in [-0.25, -0.2) is 4.98 Å². The molecule has 1 aliphatic heterocycles. The molecule has 1 aromatic rings. The largest absolute Gasteiger partial charge is 0.365 e. The van der Waals surface area contributed by atoms with Crippen LogP contribution < -0.4 is 10.6 Å². The topological polar surface area (TPSA) is 49.8 Å². The van der Waals surface area contributed by atoms with Crippen LogP contribution in [0.5, 0.6) is 0 Å². The third-order valence-corrected chi connectivity index (χ3v) is 2.52. The molecular formula is C10H16N4. The normalized spacial score (nSPS) is 21.9. The van der Waals surface area contributed by atoms with Crippen LogP contribution in [0.1, 0.15) is 18.5 Å². The second-order valence-electron chi connectivity index (χ2n) is 3.68. The molecule has 2 heterocycles. The van der Waals surface area contributed by atoms with Gasteiger partial charge < -0.3 is 10.6 Å². The first-order chi connectivity index (χ1) is 6.86. The molecule has 2 rings (SSSR count). The summed E-state index contributed by atoms with van der Waals surface area (Å²) in [6, 6.07) is 0.499. The SMILES string of the molecule is Cc1nccnc1NC1CCCNC1. The molecule has 0 radical (unpaired) electrons. The average molecular weight is 192 g/mol. The Morgan fingerprint density at radius 1 is 1.43 bits per heavy atom. The van der Waals surface area contributed by atoms with Crippen molar-refractivity contribution in [3.63, 3.8) is 0 Å². The lowest BCUT2D eigenvalue weighted by atomic mass is 10.1. The van der Waals surface area contributed by atoms with E-state index in [1.54, 1.807) is 12.4 Å². The molecule has 0 bridgehead atoms.